The lowest BCUT2D eigenvalue weighted by Crippen LogP contribution is -2.44. The van der Waals surface area contributed by atoms with Gasteiger partial charge in [-0.2, -0.15) is 0 Å². The molecule has 0 radical (unpaired) electrons. The largest absolute Gasteiger partial charge is 0.493 e. The van der Waals surface area contributed by atoms with Crippen LogP contribution in [0.2, 0.25) is 0 Å². The minimum atomic E-state index is -0.747. The number of rotatable bonds is 7. The van der Waals surface area contributed by atoms with Gasteiger partial charge in [-0.1, -0.05) is 49.7 Å². The number of hydrogen-bond donors (Lipinski definition) is 1. The van der Waals surface area contributed by atoms with Crippen molar-refractivity contribution in [1.29, 1.82) is 0 Å². The highest BCUT2D eigenvalue weighted by Crippen LogP contribution is 2.38. The fraction of sp³-hybridized carbons (Fsp3) is 0.346. The fourth-order valence-electron chi connectivity index (χ4n) is 4.21. The van der Waals surface area contributed by atoms with Gasteiger partial charge in [0.2, 0.25) is 5.91 Å². The van der Waals surface area contributed by atoms with Gasteiger partial charge in [-0.25, -0.2) is 4.39 Å². The number of unbranched alkanes of at least 4 members (excludes halogenated alkanes) is 1. The summed E-state index contributed by atoms with van der Waals surface area (Å²) in [7, 11) is 0. The van der Waals surface area contributed by atoms with Crippen molar-refractivity contribution in [1.82, 2.24) is 0 Å². The molecular weight excluding hydrogens is 393 g/mol. The Morgan fingerprint density at radius 3 is 2.45 bits per heavy atom. The molecular formula is C26H28FNO3. The third-order valence-corrected chi connectivity index (χ3v) is 6.07. The van der Waals surface area contributed by atoms with Crippen LogP contribution in [0.25, 0.3) is 10.8 Å². The number of ether oxygens (including phenoxy) is 2. The molecule has 1 amide bonds. The summed E-state index contributed by atoms with van der Waals surface area (Å²) in [4.78, 5) is 13.6. The highest BCUT2D eigenvalue weighted by atomic mass is 19.1. The molecule has 1 N–H and O–H groups in total. The number of halogens is 1. The third-order valence-electron chi connectivity index (χ3n) is 6.07. The van der Waals surface area contributed by atoms with Gasteiger partial charge in [0.05, 0.1) is 12.0 Å². The average Bonchev–Trinajstić information content (AvgIpc) is 2.81. The molecule has 3 aromatic carbocycles. The Morgan fingerprint density at radius 1 is 1.03 bits per heavy atom. The van der Waals surface area contributed by atoms with Crippen LogP contribution in [0, 0.1) is 5.82 Å². The van der Waals surface area contributed by atoms with Gasteiger partial charge in [-0.15, -0.1) is 0 Å². The van der Waals surface area contributed by atoms with Crippen molar-refractivity contribution in [3.05, 3.63) is 72.0 Å². The molecule has 4 nitrogen and oxygen atoms in total. The first-order chi connectivity index (χ1) is 15.1. The lowest BCUT2D eigenvalue weighted by molar-refractivity contribution is -0.125. The maximum Gasteiger partial charge on any atom is 0.235 e. The molecule has 1 aliphatic rings. The predicted octanol–water partition coefficient (Wildman–Crippen LogP) is 5.84. The zero-order chi connectivity index (χ0) is 21.7. The topological polar surface area (TPSA) is 47.6 Å². The second-order valence-electron chi connectivity index (χ2n) is 8.01. The monoisotopic (exact) mass is 421 g/mol. The van der Waals surface area contributed by atoms with Gasteiger partial charge in [-0.05, 0) is 49.1 Å². The maximum atomic E-state index is 13.6. The Morgan fingerprint density at radius 2 is 1.74 bits per heavy atom. The third kappa shape index (κ3) is 4.42. The van der Waals surface area contributed by atoms with E-state index in [-0.39, 0.29) is 11.7 Å². The molecule has 1 fully saturated rings. The summed E-state index contributed by atoms with van der Waals surface area (Å²) in [6.45, 7) is 3.79. The van der Waals surface area contributed by atoms with Crippen LogP contribution in [-0.2, 0) is 14.9 Å². The van der Waals surface area contributed by atoms with E-state index in [2.05, 4.69) is 12.2 Å². The van der Waals surface area contributed by atoms with Crippen LogP contribution in [0.3, 0.4) is 0 Å². The van der Waals surface area contributed by atoms with Gasteiger partial charge < -0.3 is 14.8 Å². The van der Waals surface area contributed by atoms with Crippen molar-refractivity contribution in [2.45, 2.75) is 38.0 Å². The van der Waals surface area contributed by atoms with E-state index in [1.54, 1.807) is 12.1 Å². The summed E-state index contributed by atoms with van der Waals surface area (Å²) in [6.07, 6.45) is 3.18. The molecule has 0 atom stereocenters. The Hall–Kier alpha value is -2.92. The normalized spacial score (nSPS) is 15.5. The smallest absolute Gasteiger partial charge is 0.235 e. The summed E-state index contributed by atoms with van der Waals surface area (Å²) < 4.78 is 25.0. The minimum Gasteiger partial charge on any atom is -0.493 e. The van der Waals surface area contributed by atoms with Gasteiger partial charge in [-0.3, -0.25) is 4.79 Å². The lowest BCUT2D eigenvalue weighted by atomic mass is 9.73. The van der Waals surface area contributed by atoms with E-state index in [0.717, 1.165) is 40.6 Å². The van der Waals surface area contributed by atoms with Crippen molar-refractivity contribution in [3.8, 4) is 5.75 Å². The van der Waals surface area contributed by atoms with Gasteiger partial charge in [0.25, 0.3) is 0 Å². The number of hydrogen-bond acceptors (Lipinski definition) is 3. The van der Waals surface area contributed by atoms with Crippen molar-refractivity contribution in [2.75, 3.05) is 25.1 Å². The minimum absolute atomic E-state index is 0.0905. The van der Waals surface area contributed by atoms with Crippen LogP contribution >= 0.6 is 0 Å². The van der Waals surface area contributed by atoms with Crippen LogP contribution in [-0.4, -0.2) is 25.7 Å². The van der Waals surface area contributed by atoms with Crippen molar-refractivity contribution in [2.24, 2.45) is 0 Å². The van der Waals surface area contributed by atoms with E-state index in [4.69, 9.17) is 9.47 Å². The first-order valence-corrected chi connectivity index (χ1v) is 10.9. The number of carbonyl (C=O) groups is 1. The maximum absolute atomic E-state index is 13.6. The summed E-state index contributed by atoms with van der Waals surface area (Å²) >= 11 is 0. The van der Waals surface area contributed by atoms with E-state index in [1.807, 2.05) is 36.4 Å². The quantitative estimate of drug-likeness (QED) is 0.487. The molecule has 0 saturated carbocycles. The standard InChI is InChI=1S/C26H28FNO3/c1-2-3-16-31-24-13-12-23(21-6-4-5-7-22(21)24)28-25(29)26(14-17-30-18-15-26)19-8-10-20(27)11-9-19/h4-13H,2-3,14-18H2,1H3,(H,28,29). The molecule has 31 heavy (non-hydrogen) atoms. The molecule has 5 heteroatoms. The van der Waals surface area contributed by atoms with E-state index >= 15 is 0 Å². The summed E-state index contributed by atoms with van der Waals surface area (Å²) in [5.41, 5.74) is 0.818. The lowest BCUT2D eigenvalue weighted by Gasteiger charge is -2.36. The number of amides is 1. The molecule has 0 unspecified atom stereocenters. The van der Waals surface area contributed by atoms with Crippen molar-refractivity contribution >= 4 is 22.4 Å². The van der Waals surface area contributed by atoms with Crippen molar-refractivity contribution in [3.63, 3.8) is 0 Å². The van der Waals surface area contributed by atoms with E-state index < -0.39 is 5.41 Å². The molecule has 1 heterocycles. The molecule has 0 bridgehead atoms. The second-order valence-corrected chi connectivity index (χ2v) is 8.01. The van der Waals surface area contributed by atoms with Gasteiger partial charge in [0.1, 0.15) is 11.6 Å². The molecule has 0 aliphatic carbocycles. The van der Waals surface area contributed by atoms with Crippen molar-refractivity contribution < 1.29 is 18.7 Å². The van der Waals surface area contributed by atoms with Gasteiger partial charge in [0.15, 0.2) is 0 Å². The summed E-state index contributed by atoms with van der Waals surface area (Å²) in [6, 6.07) is 18.0. The molecule has 1 saturated heterocycles. The number of fused-ring (bicyclic) bond motifs is 1. The number of anilines is 1. The van der Waals surface area contributed by atoms with Crippen LogP contribution in [0.15, 0.2) is 60.7 Å². The zero-order valence-corrected chi connectivity index (χ0v) is 17.8. The molecule has 3 aromatic rings. The van der Waals surface area contributed by atoms with Gasteiger partial charge in [0, 0.05) is 29.7 Å². The molecule has 1 aliphatic heterocycles. The second kappa shape index (κ2) is 9.48. The molecule has 4 rings (SSSR count). The summed E-state index contributed by atoms with van der Waals surface area (Å²) in [5.74, 6) is 0.421. The molecule has 0 spiro atoms. The van der Waals surface area contributed by atoms with E-state index in [1.165, 1.54) is 12.1 Å². The zero-order valence-electron chi connectivity index (χ0n) is 17.8. The van der Waals surface area contributed by atoms with Crippen LogP contribution in [0.5, 0.6) is 5.75 Å². The number of carbonyl (C=O) groups excluding carboxylic acids is 1. The fourth-order valence-corrected chi connectivity index (χ4v) is 4.21. The Labute approximate surface area is 182 Å². The van der Waals surface area contributed by atoms with Crippen LogP contribution < -0.4 is 10.1 Å². The highest BCUT2D eigenvalue weighted by Gasteiger charge is 2.42. The number of benzene rings is 3. The molecule has 162 valence electrons. The Balaban J connectivity index is 1.66. The first kappa shape index (κ1) is 21.3. The van der Waals surface area contributed by atoms with E-state index in [9.17, 15) is 9.18 Å². The van der Waals surface area contributed by atoms with Gasteiger partial charge >= 0.3 is 0 Å². The first-order valence-electron chi connectivity index (χ1n) is 10.9. The average molecular weight is 422 g/mol. The van der Waals surface area contributed by atoms with E-state index in [0.29, 0.717) is 32.7 Å². The Bertz CT molecular complexity index is 1040. The van der Waals surface area contributed by atoms with Crippen LogP contribution in [0.4, 0.5) is 10.1 Å². The number of nitrogens with one attached hydrogen (secondary N) is 1. The SMILES string of the molecule is CCCCOc1ccc(NC(=O)C2(c3ccc(F)cc3)CCOCC2)c2ccccc12. The predicted molar refractivity (Wildman–Crippen MR) is 121 cm³/mol. The van der Waals surface area contributed by atoms with Crippen LogP contribution in [0.1, 0.15) is 38.2 Å². The summed E-state index contributed by atoms with van der Waals surface area (Å²) in [5, 5.41) is 5.07. The highest BCUT2D eigenvalue weighted by molar-refractivity contribution is 6.07. The molecule has 0 aromatic heterocycles. The Kier molecular flexibility index (Phi) is 6.52.